The van der Waals surface area contributed by atoms with Gasteiger partial charge in [0.05, 0.1) is 16.9 Å². The third-order valence-corrected chi connectivity index (χ3v) is 3.51. The quantitative estimate of drug-likeness (QED) is 0.576. The number of para-hydroxylation sites is 1. The van der Waals surface area contributed by atoms with E-state index in [2.05, 4.69) is 27.9 Å². The lowest BCUT2D eigenvalue weighted by molar-refractivity contribution is 0.100. The van der Waals surface area contributed by atoms with Crippen LogP contribution >= 0.6 is 22.6 Å². The van der Waals surface area contributed by atoms with Gasteiger partial charge < -0.3 is 16.8 Å². The van der Waals surface area contributed by atoms with Crippen LogP contribution in [0.3, 0.4) is 0 Å². The predicted octanol–water partition coefficient (Wildman–Crippen LogP) is 3.02. The second-order valence-corrected chi connectivity index (χ2v) is 5.46. The van der Waals surface area contributed by atoms with Gasteiger partial charge in [-0.25, -0.2) is 0 Å². The first-order valence-corrected chi connectivity index (χ1v) is 6.78. The van der Waals surface area contributed by atoms with E-state index in [0.29, 0.717) is 16.9 Å². The summed E-state index contributed by atoms with van der Waals surface area (Å²) < 4.78 is 1.12. The van der Waals surface area contributed by atoms with Crippen molar-refractivity contribution in [2.75, 3.05) is 11.1 Å². The van der Waals surface area contributed by atoms with E-state index in [-0.39, 0.29) is 0 Å². The van der Waals surface area contributed by atoms with Crippen molar-refractivity contribution in [3.63, 3.8) is 0 Å². The zero-order valence-corrected chi connectivity index (χ0v) is 12.6. The molecule has 0 aliphatic carbocycles. The molecule has 2 rings (SSSR count). The fourth-order valence-electron chi connectivity index (χ4n) is 1.76. The molecule has 2 aromatic rings. The largest absolute Gasteiger partial charge is 0.396 e. The number of primary amides is 1. The van der Waals surface area contributed by atoms with Gasteiger partial charge in [-0.05, 0) is 59.3 Å². The number of rotatable bonds is 3. The van der Waals surface area contributed by atoms with Gasteiger partial charge in [-0.15, -0.1) is 0 Å². The Bertz CT molecular complexity index is 641. The van der Waals surface area contributed by atoms with Gasteiger partial charge in [-0.3, -0.25) is 4.79 Å². The van der Waals surface area contributed by atoms with Crippen LogP contribution in [0.2, 0.25) is 0 Å². The molecule has 0 bridgehead atoms. The molecule has 0 spiro atoms. The number of carbonyl (C=O) groups is 1. The number of nitrogens with two attached hydrogens (primary N) is 2. The number of carbonyl (C=O) groups excluding carboxylic acids is 1. The average Bonchev–Trinajstić information content (AvgIpc) is 2.36. The topological polar surface area (TPSA) is 81.1 Å². The Balaban J connectivity index is 2.41. The monoisotopic (exact) mass is 367 g/mol. The van der Waals surface area contributed by atoms with Gasteiger partial charge in [0, 0.05) is 9.26 Å². The van der Waals surface area contributed by atoms with E-state index in [1.807, 2.05) is 31.2 Å². The Morgan fingerprint density at radius 3 is 2.63 bits per heavy atom. The number of halogens is 1. The average molecular weight is 367 g/mol. The number of nitrogen functional groups attached to an aromatic ring is 1. The highest BCUT2D eigenvalue weighted by Crippen LogP contribution is 2.28. The number of anilines is 3. The summed E-state index contributed by atoms with van der Waals surface area (Å²) in [6.45, 7) is 2.01. The van der Waals surface area contributed by atoms with Crippen LogP contribution in [-0.2, 0) is 0 Å². The maximum atomic E-state index is 11.3. The number of hydrogen-bond acceptors (Lipinski definition) is 3. The van der Waals surface area contributed by atoms with Crippen LogP contribution in [0.25, 0.3) is 0 Å². The summed E-state index contributed by atoms with van der Waals surface area (Å²) >= 11 is 2.25. The Morgan fingerprint density at radius 1 is 1.21 bits per heavy atom. The normalized spacial score (nSPS) is 10.2. The van der Waals surface area contributed by atoms with Crippen LogP contribution < -0.4 is 16.8 Å². The number of hydrogen-bond donors (Lipinski definition) is 3. The maximum Gasteiger partial charge on any atom is 0.250 e. The Morgan fingerprint density at radius 2 is 1.95 bits per heavy atom. The molecule has 5 N–H and O–H groups in total. The van der Waals surface area contributed by atoms with Crippen molar-refractivity contribution in [3.8, 4) is 0 Å². The highest BCUT2D eigenvalue weighted by Gasteiger charge is 2.10. The Labute approximate surface area is 125 Å². The maximum absolute atomic E-state index is 11.3. The first-order chi connectivity index (χ1) is 8.99. The molecule has 0 aliphatic rings. The van der Waals surface area contributed by atoms with Gasteiger partial charge in [-0.1, -0.05) is 12.1 Å². The third-order valence-electron chi connectivity index (χ3n) is 2.84. The summed E-state index contributed by atoms with van der Waals surface area (Å²) in [6.07, 6.45) is 0. The van der Waals surface area contributed by atoms with Crippen molar-refractivity contribution in [3.05, 3.63) is 51.1 Å². The van der Waals surface area contributed by atoms with Crippen molar-refractivity contribution in [1.82, 2.24) is 0 Å². The molecule has 0 saturated heterocycles. The zero-order chi connectivity index (χ0) is 14.0. The summed E-state index contributed by atoms with van der Waals surface area (Å²) in [7, 11) is 0. The smallest absolute Gasteiger partial charge is 0.250 e. The van der Waals surface area contributed by atoms with Crippen molar-refractivity contribution in [1.29, 1.82) is 0 Å². The number of aryl methyl sites for hydroxylation is 1. The van der Waals surface area contributed by atoms with Crippen molar-refractivity contribution in [2.24, 2.45) is 5.73 Å². The molecule has 0 unspecified atom stereocenters. The SMILES string of the molecule is Cc1ccc(I)cc1Nc1cccc(C(N)=O)c1N. The molecule has 0 aliphatic heterocycles. The van der Waals surface area contributed by atoms with E-state index in [4.69, 9.17) is 11.5 Å². The number of nitrogens with one attached hydrogen (secondary N) is 1. The molecule has 19 heavy (non-hydrogen) atoms. The Kier molecular flexibility index (Phi) is 3.94. The van der Waals surface area contributed by atoms with Crippen molar-refractivity contribution < 1.29 is 4.79 Å². The van der Waals surface area contributed by atoms with Gasteiger partial charge in [-0.2, -0.15) is 0 Å². The van der Waals surface area contributed by atoms with E-state index < -0.39 is 5.91 Å². The lowest BCUT2D eigenvalue weighted by atomic mass is 10.1. The van der Waals surface area contributed by atoms with Crippen LogP contribution in [0, 0.1) is 10.5 Å². The molecular formula is C14H14IN3O. The summed E-state index contributed by atoms with van der Waals surface area (Å²) in [4.78, 5) is 11.3. The Hall–Kier alpha value is -1.76. The van der Waals surface area contributed by atoms with Crippen LogP contribution in [0.1, 0.15) is 15.9 Å². The second-order valence-electron chi connectivity index (χ2n) is 4.22. The highest BCUT2D eigenvalue weighted by molar-refractivity contribution is 14.1. The molecule has 5 heteroatoms. The number of benzene rings is 2. The molecule has 2 aromatic carbocycles. The first kappa shape index (κ1) is 13.7. The molecule has 0 aromatic heterocycles. The van der Waals surface area contributed by atoms with E-state index >= 15 is 0 Å². The fraction of sp³-hybridized carbons (Fsp3) is 0.0714. The van der Waals surface area contributed by atoms with Gasteiger partial charge in [0.1, 0.15) is 0 Å². The van der Waals surface area contributed by atoms with Crippen molar-refractivity contribution in [2.45, 2.75) is 6.92 Å². The van der Waals surface area contributed by atoms with Crippen LogP contribution in [0.5, 0.6) is 0 Å². The minimum atomic E-state index is -0.527. The van der Waals surface area contributed by atoms with Gasteiger partial charge in [0.15, 0.2) is 0 Å². The minimum absolute atomic E-state index is 0.327. The molecule has 0 radical (unpaired) electrons. The van der Waals surface area contributed by atoms with Crippen molar-refractivity contribution >= 4 is 45.6 Å². The lowest BCUT2D eigenvalue weighted by Crippen LogP contribution is -2.14. The summed E-state index contributed by atoms with van der Waals surface area (Å²) in [5, 5.41) is 3.24. The molecular weight excluding hydrogens is 353 g/mol. The molecule has 0 atom stereocenters. The molecule has 0 heterocycles. The fourth-order valence-corrected chi connectivity index (χ4v) is 2.25. The zero-order valence-electron chi connectivity index (χ0n) is 10.4. The van der Waals surface area contributed by atoms with E-state index in [0.717, 1.165) is 14.8 Å². The number of amides is 1. The molecule has 1 amide bonds. The summed E-state index contributed by atoms with van der Waals surface area (Å²) in [5.74, 6) is -0.527. The molecule has 98 valence electrons. The van der Waals surface area contributed by atoms with Crippen LogP contribution in [0.15, 0.2) is 36.4 Å². The second kappa shape index (κ2) is 5.48. The van der Waals surface area contributed by atoms with E-state index in [1.54, 1.807) is 12.1 Å². The molecule has 0 fully saturated rings. The molecule has 0 saturated carbocycles. The standard InChI is InChI=1S/C14H14IN3O/c1-8-5-6-9(15)7-12(8)18-11-4-2-3-10(13(11)16)14(17)19/h2-7,18H,16H2,1H3,(H2,17,19). The van der Waals surface area contributed by atoms with Crippen LogP contribution in [0.4, 0.5) is 17.1 Å². The third kappa shape index (κ3) is 2.98. The molecule has 4 nitrogen and oxygen atoms in total. The summed E-state index contributed by atoms with van der Waals surface area (Å²) in [5.41, 5.74) is 14.7. The van der Waals surface area contributed by atoms with Crippen LogP contribution in [-0.4, -0.2) is 5.91 Å². The highest BCUT2D eigenvalue weighted by atomic mass is 127. The lowest BCUT2D eigenvalue weighted by Gasteiger charge is -2.13. The summed E-state index contributed by atoms with van der Waals surface area (Å²) in [6, 6.07) is 11.3. The van der Waals surface area contributed by atoms with Gasteiger partial charge in [0.25, 0.3) is 5.91 Å². The van der Waals surface area contributed by atoms with Gasteiger partial charge in [0.2, 0.25) is 0 Å². The van der Waals surface area contributed by atoms with Gasteiger partial charge >= 0.3 is 0 Å². The predicted molar refractivity (Wildman–Crippen MR) is 86.6 cm³/mol. The first-order valence-electron chi connectivity index (χ1n) is 5.70. The minimum Gasteiger partial charge on any atom is -0.396 e. The van der Waals surface area contributed by atoms with E-state index in [9.17, 15) is 4.79 Å². The van der Waals surface area contributed by atoms with E-state index in [1.165, 1.54) is 0 Å².